The fourth-order valence-electron chi connectivity index (χ4n) is 12.7. The quantitative estimate of drug-likeness (QED) is 0.260. The Hall–Kier alpha value is -1.55. The maximum atomic E-state index is 12.6. The molecule has 8 heteroatoms. The first-order valence-electron chi connectivity index (χ1n) is 19.6. The number of aliphatic hydroxyl groups is 2. The number of hydrogen-bond donors (Lipinski definition) is 2. The summed E-state index contributed by atoms with van der Waals surface area (Å²) < 4.78 is 31.8. The Balaban J connectivity index is 0.898. The lowest BCUT2D eigenvalue weighted by molar-refractivity contribution is -0.305. The van der Waals surface area contributed by atoms with Crippen molar-refractivity contribution in [2.45, 2.75) is 141 Å². The molecule has 4 saturated carbocycles. The number of benzene rings is 1. The minimum Gasteiger partial charge on any atom is -0.459 e. The fourth-order valence-corrected chi connectivity index (χ4v) is 12.7. The van der Waals surface area contributed by atoms with Crippen LogP contribution >= 0.6 is 0 Å². The van der Waals surface area contributed by atoms with E-state index < -0.39 is 36.5 Å². The second-order valence-corrected chi connectivity index (χ2v) is 18.1. The van der Waals surface area contributed by atoms with Crippen LogP contribution in [0.1, 0.15) is 109 Å². The van der Waals surface area contributed by atoms with Crippen LogP contribution in [0.25, 0.3) is 0 Å². The fraction of sp³-hybridized carbons (Fsp3) is 0.829. The van der Waals surface area contributed by atoms with Gasteiger partial charge in [0, 0.05) is 18.3 Å². The molecule has 2 N–H and O–H groups in total. The van der Waals surface area contributed by atoms with Crippen molar-refractivity contribution in [1.29, 1.82) is 0 Å². The molecular weight excluding hydrogens is 620 g/mol. The summed E-state index contributed by atoms with van der Waals surface area (Å²) in [6, 6.07) is 8.81. The smallest absolute Gasteiger partial charge is 0.338 e. The van der Waals surface area contributed by atoms with E-state index in [0.29, 0.717) is 46.2 Å². The van der Waals surface area contributed by atoms with Crippen LogP contribution in [-0.4, -0.2) is 72.0 Å². The van der Waals surface area contributed by atoms with Gasteiger partial charge in [0.25, 0.3) is 0 Å². The lowest BCUT2D eigenvalue weighted by Gasteiger charge is -2.61. The Morgan fingerprint density at radius 3 is 2.43 bits per heavy atom. The van der Waals surface area contributed by atoms with Crippen molar-refractivity contribution in [3.63, 3.8) is 0 Å². The Labute approximate surface area is 292 Å². The molecule has 7 aliphatic rings. The van der Waals surface area contributed by atoms with Gasteiger partial charge in [-0.15, -0.1) is 0 Å². The molecule has 8 rings (SSSR count). The third kappa shape index (κ3) is 5.65. The topological polar surface area (TPSA) is 104 Å². The predicted octanol–water partition coefficient (Wildman–Crippen LogP) is 6.76. The van der Waals surface area contributed by atoms with E-state index in [9.17, 15) is 15.0 Å². The summed E-state index contributed by atoms with van der Waals surface area (Å²) in [7, 11) is 0. The number of aliphatic hydroxyl groups excluding tert-OH is 2. The van der Waals surface area contributed by atoms with Gasteiger partial charge in [0.2, 0.25) is 0 Å². The Morgan fingerprint density at radius 2 is 1.67 bits per heavy atom. The van der Waals surface area contributed by atoms with Gasteiger partial charge in [-0.1, -0.05) is 52.8 Å². The maximum absolute atomic E-state index is 12.6. The van der Waals surface area contributed by atoms with E-state index in [1.165, 1.54) is 38.5 Å². The maximum Gasteiger partial charge on any atom is 0.338 e. The lowest BCUT2D eigenvalue weighted by Crippen LogP contribution is -2.57. The molecule has 3 saturated heterocycles. The van der Waals surface area contributed by atoms with E-state index in [4.69, 9.17) is 23.7 Å². The van der Waals surface area contributed by atoms with Crippen molar-refractivity contribution in [2.24, 2.45) is 58.2 Å². The average molecular weight is 681 g/mol. The zero-order valence-electron chi connectivity index (χ0n) is 30.3. The number of carbonyl (C=O) groups is 1. The number of fused-ring (bicyclic) bond motifs is 7. The van der Waals surface area contributed by atoms with Gasteiger partial charge >= 0.3 is 5.97 Å². The van der Waals surface area contributed by atoms with E-state index in [1.807, 2.05) is 13.0 Å². The summed E-state index contributed by atoms with van der Waals surface area (Å²) in [5.74, 6) is 3.18. The number of rotatable bonds is 5. The molecule has 3 heterocycles. The van der Waals surface area contributed by atoms with Gasteiger partial charge in [-0.3, -0.25) is 0 Å². The van der Waals surface area contributed by atoms with Crippen LogP contribution < -0.4 is 0 Å². The van der Waals surface area contributed by atoms with Crippen molar-refractivity contribution in [3.05, 3.63) is 35.9 Å². The van der Waals surface area contributed by atoms with Gasteiger partial charge in [0.1, 0.15) is 18.8 Å². The zero-order valence-corrected chi connectivity index (χ0v) is 30.3. The molecule has 0 radical (unpaired) electrons. The van der Waals surface area contributed by atoms with Crippen LogP contribution in [0.3, 0.4) is 0 Å². The second kappa shape index (κ2) is 12.8. The molecule has 17 atom stereocenters. The summed E-state index contributed by atoms with van der Waals surface area (Å²) in [5, 5.41) is 22.0. The first-order valence-corrected chi connectivity index (χ1v) is 19.6. The largest absolute Gasteiger partial charge is 0.459 e. The van der Waals surface area contributed by atoms with Crippen LogP contribution in [0.4, 0.5) is 0 Å². The SMILES string of the molecule is C[C@H]1CC[C@@]2(OC1)O[C@H]1C[C@H]3[C@@H]4CC[C@@H]5C[C@@H](O[C@@H]6O[C@@H](COC(=O)c7ccccc7)[C@H](O)[C@H](C)[C@@H]6O)CC[C@]5(C)[C@H]4CC[C@]3(C)[C@H]1[C@@H]2C. The highest BCUT2D eigenvalue weighted by atomic mass is 16.7. The van der Waals surface area contributed by atoms with Gasteiger partial charge < -0.3 is 33.9 Å². The molecule has 4 aliphatic carbocycles. The lowest BCUT2D eigenvalue weighted by atomic mass is 9.44. The van der Waals surface area contributed by atoms with Gasteiger partial charge in [-0.05, 0) is 116 Å². The summed E-state index contributed by atoms with van der Waals surface area (Å²) in [5.41, 5.74) is 1.07. The monoisotopic (exact) mass is 680 g/mol. The highest BCUT2D eigenvalue weighted by molar-refractivity contribution is 5.89. The standard InChI is InChI=1S/C41H60O8/c1-23-13-18-41(46-21-23)25(3)34-32(49-41)20-31-29-12-11-27-19-28(14-16-39(27,4)30(29)15-17-40(31,34)5)47-38-36(43)24(2)35(42)33(48-38)22-45-37(44)26-9-7-6-8-10-26/h6-10,23-25,27-36,38,42-43H,11-22H2,1-5H3/t23-,24-,25-,27+,28-,29+,30-,31-,32-,33-,34-,35+,36-,38+,39-,40-,41+/m0/s1. The third-order valence-corrected chi connectivity index (χ3v) is 15.6. The van der Waals surface area contributed by atoms with Crippen molar-refractivity contribution in [1.82, 2.24) is 0 Å². The highest BCUT2D eigenvalue weighted by Gasteiger charge is 2.69. The van der Waals surface area contributed by atoms with Gasteiger partial charge in [0.15, 0.2) is 12.1 Å². The van der Waals surface area contributed by atoms with Crippen molar-refractivity contribution >= 4 is 5.97 Å². The molecule has 0 amide bonds. The van der Waals surface area contributed by atoms with E-state index in [2.05, 4.69) is 27.7 Å². The van der Waals surface area contributed by atoms with Crippen molar-refractivity contribution in [3.8, 4) is 0 Å². The third-order valence-electron chi connectivity index (χ3n) is 15.6. The van der Waals surface area contributed by atoms with Gasteiger partial charge in [-0.2, -0.15) is 0 Å². The molecule has 3 aliphatic heterocycles. The predicted molar refractivity (Wildman–Crippen MR) is 183 cm³/mol. The molecule has 1 aromatic rings. The van der Waals surface area contributed by atoms with Gasteiger partial charge in [-0.25, -0.2) is 4.79 Å². The molecule has 8 nitrogen and oxygen atoms in total. The molecule has 272 valence electrons. The van der Waals surface area contributed by atoms with Crippen molar-refractivity contribution in [2.75, 3.05) is 13.2 Å². The first kappa shape index (κ1) is 34.5. The van der Waals surface area contributed by atoms with E-state index in [0.717, 1.165) is 50.0 Å². The molecule has 1 spiro atoms. The summed E-state index contributed by atoms with van der Waals surface area (Å²) in [4.78, 5) is 12.6. The molecule has 0 bridgehead atoms. The first-order chi connectivity index (χ1) is 23.4. The van der Waals surface area contributed by atoms with E-state index in [1.54, 1.807) is 24.3 Å². The Kier molecular flexibility index (Phi) is 9.05. The van der Waals surface area contributed by atoms with Crippen LogP contribution in [0, 0.1) is 58.2 Å². The van der Waals surface area contributed by atoms with E-state index in [-0.39, 0.29) is 18.5 Å². The molecule has 49 heavy (non-hydrogen) atoms. The van der Waals surface area contributed by atoms with Gasteiger partial charge in [0.05, 0.1) is 30.5 Å². The Bertz CT molecular complexity index is 1350. The Morgan fingerprint density at radius 1 is 0.898 bits per heavy atom. The minimum atomic E-state index is -0.965. The van der Waals surface area contributed by atoms with Crippen molar-refractivity contribution < 1.29 is 38.7 Å². The average Bonchev–Trinajstić information content (AvgIpc) is 3.55. The van der Waals surface area contributed by atoms with Crippen LogP contribution in [0.2, 0.25) is 0 Å². The number of hydrogen-bond acceptors (Lipinski definition) is 8. The molecular formula is C41H60O8. The number of carbonyl (C=O) groups excluding carboxylic acids is 1. The summed E-state index contributed by atoms with van der Waals surface area (Å²) >= 11 is 0. The normalized spacial score (nSPS) is 52.1. The molecule has 0 unspecified atom stereocenters. The molecule has 0 aromatic heterocycles. The van der Waals surface area contributed by atoms with Crippen LogP contribution in [0.5, 0.6) is 0 Å². The van der Waals surface area contributed by atoms with E-state index >= 15 is 0 Å². The summed E-state index contributed by atoms with van der Waals surface area (Å²) in [6.45, 7) is 12.5. The number of ether oxygens (including phenoxy) is 5. The highest BCUT2D eigenvalue weighted by Crippen LogP contribution is 2.71. The van der Waals surface area contributed by atoms with Crippen LogP contribution in [-0.2, 0) is 23.7 Å². The summed E-state index contributed by atoms with van der Waals surface area (Å²) in [6.07, 6.45) is 8.38. The molecule has 1 aromatic carbocycles. The molecule has 7 fully saturated rings. The second-order valence-electron chi connectivity index (χ2n) is 18.1. The number of esters is 1. The zero-order chi connectivity index (χ0) is 34.3. The minimum absolute atomic E-state index is 0.00687. The van der Waals surface area contributed by atoms with Crippen LogP contribution in [0.15, 0.2) is 30.3 Å².